The van der Waals surface area contributed by atoms with E-state index in [-0.39, 0.29) is 11.7 Å². The van der Waals surface area contributed by atoms with Crippen LogP contribution in [0.2, 0.25) is 0 Å². The van der Waals surface area contributed by atoms with Crippen molar-refractivity contribution in [2.24, 2.45) is 0 Å². The number of aryl methyl sites for hydroxylation is 1. The fourth-order valence-corrected chi connectivity index (χ4v) is 2.29. The summed E-state index contributed by atoms with van der Waals surface area (Å²) in [7, 11) is 1.54. The number of rotatable bonds is 2. The van der Waals surface area contributed by atoms with E-state index in [1.54, 1.807) is 43.1 Å². The van der Waals surface area contributed by atoms with Crippen LogP contribution in [0.1, 0.15) is 16.2 Å². The standard InChI is InChI=1S/C15H13FN4O/c1-9-18-6-5-14(19-9)20-8-12(15(21)17-2)11-7-10(16)3-4-13(11)20/h3-8H,1-2H3,(H,17,21). The van der Waals surface area contributed by atoms with Crippen LogP contribution in [-0.4, -0.2) is 27.5 Å². The van der Waals surface area contributed by atoms with E-state index in [1.165, 1.54) is 12.1 Å². The molecule has 21 heavy (non-hydrogen) atoms. The molecule has 0 unspecified atom stereocenters. The summed E-state index contributed by atoms with van der Waals surface area (Å²) >= 11 is 0. The summed E-state index contributed by atoms with van der Waals surface area (Å²) in [6.45, 7) is 1.79. The van der Waals surface area contributed by atoms with Gasteiger partial charge in [-0.3, -0.25) is 4.79 Å². The molecule has 2 heterocycles. The summed E-state index contributed by atoms with van der Waals surface area (Å²) in [6, 6.07) is 6.09. The zero-order chi connectivity index (χ0) is 15.0. The molecule has 0 radical (unpaired) electrons. The summed E-state index contributed by atoms with van der Waals surface area (Å²) in [4.78, 5) is 20.4. The fourth-order valence-electron chi connectivity index (χ4n) is 2.29. The summed E-state index contributed by atoms with van der Waals surface area (Å²) in [6.07, 6.45) is 3.30. The van der Waals surface area contributed by atoms with Crippen LogP contribution in [-0.2, 0) is 0 Å². The molecular weight excluding hydrogens is 271 g/mol. The van der Waals surface area contributed by atoms with Crippen LogP contribution in [0.5, 0.6) is 0 Å². The van der Waals surface area contributed by atoms with E-state index in [9.17, 15) is 9.18 Å². The molecule has 0 saturated carbocycles. The van der Waals surface area contributed by atoms with Gasteiger partial charge in [0.25, 0.3) is 5.91 Å². The second-order valence-electron chi connectivity index (χ2n) is 4.62. The number of amides is 1. The lowest BCUT2D eigenvalue weighted by atomic mass is 10.1. The molecule has 3 aromatic rings. The summed E-state index contributed by atoms with van der Waals surface area (Å²) < 4.78 is 15.3. The Kier molecular flexibility index (Phi) is 3.13. The number of carbonyl (C=O) groups is 1. The average Bonchev–Trinajstić information content (AvgIpc) is 2.85. The van der Waals surface area contributed by atoms with Crippen LogP contribution < -0.4 is 5.32 Å². The van der Waals surface area contributed by atoms with Crippen molar-refractivity contribution in [1.82, 2.24) is 19.9 Å². The SMILES string of the molecule is CNC(=O)c1cn(-c2ccnc(C)n2)c2ccc(F)cc12. The molecule has 0 aliphatic carbocycles. The van der Waals surface area contributed by atoms with Gasteiger partial charge in [0.2, 0.25) is 0 Å². The predicted octanol–water partition coefficient (Wildman–Crippen LogP) is 2.23. The van der Waals surface area contributed by atoms with Crippen LogP contribution >= 0.6 is 0 Å². The molecule has 3 rings (SSSR count). The van der Waals surface area contributed by atoms with E-state index in [4.69, 9.17) is 0 Å². The van der Waals surface area contributed by atoms with E-state index in [0.29, 0.717) is 28.1 Å². The predicted molar refractivity (Wildman–Crippen MR) is 77.0 cm³/mol. The number of halogens is 1. The molecule has 2 aromatic heterocycles. The Hall–Kier alpha value is -2.76. The molecule has 0 atom stereocenters. The highest BCUT2D eigenvalue weighted by molar-refractivity contribution is 6.07. The Morgan fingerprint density at radius 1 is 1.33 bits per heavy atom. The molecule has 0 aliphatic rings. The summed E-state index contributed by atoms with van der Waals surface area (Å²) in [5, 5.41) is 3.11. The average molecular weight is 284 g/mol. The second kappa shape index (κ2) is 4.97. The first-order valence-corrected chi connectivity index (χ1v) is 6.43. The van der Waals surface area contributed by atoms with Gasteiger partial charge in [0, 0.05) is 24.8 Å². The maximum Gasteiger partial charge on any atom is 0.253 e. The number of aromatic nitrogens is 3. The topological polar surface area (TPSA) is 59.8 Å². The van der Waals surface area contributed by atoms with Gasteiger partial charge in [-0.05, 0) is 31.2 Å². The lowest BCUT2D eigenvalue weighted by Crippen LogP contribution is -2.17. The normalized spacial score (nSPS) is 10.8. The van der Waals surface area contributed by atoms with Gasteiger partial charge in [-0.15, -0.1) is 0 Å². The largest absolute Gasteiger partial charge is 0.355 e. The Morgan fingerprint density at radius 3 is 2.86 bits per heavy atom. The van der Waals surface area contributed by atoms with Crippen LogP contribution in [0.3, 0.4) is 0 Å². The lowest BCUT2D eigenvalue weighted by molar-refractivity contribution is 0.0964. The van der Waals surface area contributed by atoms with E-state index in [1.807, 2.05) is 0 Å². The van der Waals surface area contributed by atoms with Gasteiger partial charge in [-0.25, -0.2) is 14.4 Å². The number of benzene rings is 1. The Bertz CT molecular complexity index is 841. The van der Waals surface area contributed by atoms with Crippen molar-refractivity contribution in [3.63, 3.8) is 0 Å². The number of carbonyl (C=O) groups excluding carboxylic acids is 1. The van der Waals surface area contributed by atoms with Crippen LogP contribution in [0.4, 0.5) is 4.39 Å². The Labute approximate surface area is 120 Å². The molecule has 6 heteroatoms. The number of hydrogen-bond donors (Lipinski definition) is 1. The molecule has 1 amide bonds. The van der Waals surface area contributed by atoms with Crippen molar-refractivity contribution >= 4 is 16.8 Å². The third-order valence-corrected chi connectivity index (χ3v) is 3.25. The highest BCUT2D eigenvalue weighted by atomic mass is 19.1. The highest BCUT2D eigenvalue weighted by Gasteiger charge is 2.16. The molecular formula is C15H13FN4O. The van der Waals surface area contributed by atoms with E-state index >= 15 is 0 Å². The smallest absolute Gasteiger partial charge is 0.253 e. The maximum absolute atomic E-state index is 13.5. The van der Waals surface area contributed by atoms with Gasteiger partial charge in [0.05, 0.1) is 11.1 Å². The molecule has 1 aromatic carbocycles. The second-order valence-corrected chi connectivity index (χ2v) is 4.62. The zero-order valence-electron chi connectivity index (χ0n) is 11.6. The fraction of sp³-hybridized carbons (Fsp3) is 0.133. The van der Waals surface area contributed by atoms with E-state index < -0.39 is 0 Å². The quantitative estimate of drug-likeness (QED) is 0.785. The number of fused-ring (bicyclic) bond motifs is 1. The van der Waals surface area contributed by atoms with Crippen molar-refractivity contribution in [3.05, 3.63) is 53.9 Å². The van der Waals surface area contributed by atoms with Crippen molar-refractivity contribution in [3.8, 4) is 5.82 Å². The van der Waals surface area contributed by atoms with E-state index in [0.717, 1.165) is 0 Å². The van der Waals surface area contributed by atoms with Gasteiger partial charge < -0.3 is 9.88 Å². The van der Waals surface area contributed by atoms with Gasteiger partial charge in [0.15, 0.2) is 0 Å². The summed E-state index contributed by atoms with van der Waals surface area (Å²) in [5.74, 6) is 0.603. The molecule has 0 fully saturated rings. The van der Waals surface area contributed by atoms with Crippen molar-refractivity contribution in [2.75, 3.05) is 7.05 Å². The van der Waals surface area contributed by atoms with Crippen molar-refractivity contribution in [2.45, 2.75) is 6.92 Å². The Morgan fingerprint density at radius 2 is 2.14 bits per heavy atom. The minimum atomic E-state index is -0.385. The molecule has 106 valence electrons. The van der Waals surface area contributed by atoms with Crippen molar-refractivity contribution < 1.29 is 9.18 Å². The summed E-state index contributed by atoms with van der Waals surface area (Å²) in [5.41, 5.74) is 1.12. The van der Waals surface area contributed by atoms with Crippen LogP contribution in [0.25, 0.3) is 16.7 Å². The zero-order valence-corrected chi connectivity index (χ0v) is 11.6. The molecule has 5 nitrogen and oxygen atoms in total. The minimum absolute atomic E-state index is 0.268. The van der Waals surface area contributed by atoms with E-state index in [2.05, 4.69) is 15.3 Å². The number of hydrogen-bond acceptors (Lipinski definition) is 3. The first kappa shape index (κ1) is 13.2. The first-order chi connectivity index (χ1) is 10.1. The molecule has 0 bridgehead atoms. The first-order valence-electron chi connectivity index (χ1n) is 6.43. The molecule has 0 spiro atoms. The van der Waals surface area contributed by atoms with Crippen LogP contribution in [0, 0.1) is 12.7 Å². The minimum Gasteiger partial charge on any atom is -0.355 e. The number of nitrogens with zero attached hydrogens (tertiary/aromatic N) is 3. The molecule has 0 saturated heterocycles. The third-order valence-electron chi connectivity index (χ3n) is 3.25. The monoisotopic (exact) mass is 284 g/mol. The number of nitrogens with one attached hydrogen (secondary N) is 1. The lowest BCUT2D eigenvalue weighted by Gasteiger charge is -2.04. The van der Waals surface area contributed by atoms with Gasteiger partial charge in [0.1, 0.15) is 17.5 Å². The molecule has 0 aliphatic heterocycles. The third kappa shape index (κ3) is 2.24. The van der Waals surface area contributed by atoms with Gasteiger partial charge in [-0.2, -0.15) is 0 Å². The highest BCUT2D eigenvalue weighted by Crippen LogP contribution is 2.25. The van der Waals surface area contributed by atoms with Crippen LogP contribution in [0.15, 0.2) is 36.7 Å². The Balaban J connectivity index is 2.31. The van der Waals surface area contributed by atoms with Gasteiger partial charge in [-0.1, -0.05) is 0 Å². The van der Waals surface area contributed by atoms with Crippen molar-refractivity contribution in [1.29, 1.82) is 0 Å². The van der Waals surface area contributed by atoms with Gasteiger partial charge >= 0.3 is 0 Å². The maximum atomic E-state index is 13.5. The molecule has 1 N–H and O–H groups in total.